The monoisotopic (exact) mass is 255 g/mol. The quantitative estimate of drug-likeness (QED) is 0.881. The predicted molar refractivity (Wildman–Crippen MR) is 75.7 cm³/mol. The van der Waals surface area contributed by atoms with Crippen LogP contribution in [0.4, 0.5) is 0 Å². The first-order chi connectivity index (χ1) is 9.36. The number of fused-ring (bicyclic) bond motifs is 3. The van der Waals surface area contributed by atoms with Crippen molar-refractivity contribution >= 4 is 0 Å². The summed E-state index contributed by atoms with van der Waals surface area (Å²) in [5.41, 5.74) is 11.0. The molecule has 0 radical (unpaired) electrons. The number of benzene rings is 1. The molecule has 2 N–H and O–H groups in total. The third-order valence-electron chi connectivity index (χ3n) is 5.20. The molecule has 0 spiro atoms. The van der Waals surface area contributed by atoms with E-state index >= 15 is 0 Å². The fourth-order valence-electron chi connectivity index (χ4n) is 4.19. The molecule has 19 heavy (non-hydrogen) atoms. The van der Waals surface area contributed by atoms with Crippen LogP contribution >= 0.6 is 0 Å². The maximum atomic E-state index is 6.52. The summed E-state index contributed by atoms with van der Waals surface area (Å²) in [6.45, 7) is 0.858. The van der Waals surface area contributed by atoms with E-state index in [-0.39, 0.29) is 6.04 Å². The van der Waals surface area contributed by atoms with Gasteiger partial charge in [0, 0.05) is 6.04 Å². The molecule has 1 saturated carbocycles. The first-order valence-corrected chi connectivity index (χ1v) is 7.50. The topological polar surface area (TPSA) is 35.2 Å². The predicted octanol–water partition coefficient (Wildman–Crippen LogP) is 2.98. The fraction of sp³-hybridized carbons (Fsp3) is 0.529. The zero-order valence-corrected chi connectivity index (χ0v) is 11.2. The van der Waals surface area contributed by atoms with Crippen molar-refractivity contribution in [3.8, 4) is 0 Å². The Labute approximate surface area is 114 Å². The van der Waals surface area contributed by atoms with Crippen molar-refractivity contribution < 1.29 is 4.74 Å². The zero-order chi connectivity index (χ0) is 12.8. The Kier molecular flexibility index (Phi) is 2.66. The van der Waals surface area contributed by atoms with E-state index in [1.807, 2.05) is 6.26 Å². The highest BCUT2D eigenvalue weighted by atomic mass is 16.5. The molecule has 2 aliphatic carbocycles. The molecular weight excluding hydrogens is 234 g/mol. The van der Waals surface area contributed by atoms with Gasteiger partial charge >= 0.3 is 0 Å². The Hall–Kier alpha value is -1.28. The first kappa shape index (κ1) is 11.5. The number of rotatable bonds is 2. The van der Waals surface area contributed by atoms with Gasteiger partial charge in [-0.3, -0.25) is 0 Å². The Morgan fingerprint density at radius 2 is 2.11 bits per heavy atom. The second-order valence-electron chi connectivity index (χ2n) is 6.20. The minimum Gasteiger partial charge on any atom is -0.501 e. The summed E-state index contributed by atoms with van der Waals surface area (Å²) in [5.74, 6) is 2.17. The molecule has 2 heteroatoms. The Bertz CT molecular complexity index is 522. The summed E-state index contributed by atoms with van der Waals surface area (Å²) in [4.78, 5) is 0. The number of hydrogen-bond acceptors (Lipinski definition) is 2. The molecule has 4 unspecified atom stereocenters. The Morgan fingerprint density at radius 1 is 1.21 bits per heavy atom. The minimum absolute atomic E-state index is 0.210. The molecule has 3 aliphatic rings. The molecule has 0 aromatic heterocycles. The van der Waals surface area contributed by atoms with Crippen LogP contribution in [0.1, 0.15) is 36.3 Å². The molecule has 0 amide bonds. The van der Waals surface area contributed by atoms with E-state index in [2.05, 4.69) is 24.3 Å². The lowest BCUT2D eigenvalue weighted by molar-refractivity contribution is 0.220. The maximum Gasteiger partial charge on any atom is 0.0876 e. The first-order valence-electron chi connectivity index (χ1n) is 7.50. The second-order valence-corrected chi connectivity index (χ2v) is 6.20. The van der Waals surface area contributed by atoms with Crippen molar-refractivity contribution in [2.75, 3.05) is 6.61 Å². The van der Waals surface area contributed by atoms with Gasteiger partial charge in [-0.25, -0.2) is 0 Å². The van der Waals surface area contributed by atoms with E-state index in [4.69, 9.17) is 10.5 Å². The van der Waals surface area contributed by atoms with Crippen LogP contribution in [0.2, 0.25) is 0 Å². The van der Waals surface area contributed by atoms with Gasteiger partial charge in [0.15, 0.2) is 0 Å². The number of hydrogen-bond donors (Lipinski definition) is 1. The van der Waals surface area contributed by atoms with Crippen LogP contribution < -0.4 is 5.73 Å². The molecule has 1 fully saturated rings. The smallest absolute Gasteiger partial charge is 0.0876 e. The van der Waals surface area contributed by atoms with Gasteiger partial charge in [0.2, 0.25) is 0 Å². The Balaban J connectivity index is 1.58. The highest BCUT2D eigenvalue weighted by molar-refractivity contribution is 5.41. The highest BCUT2D eigenvalue weighted by Crippen LogP contribution is 2.61. The summed E-state index contributed by atoms with van der Waals surface area (Å²) in [7, 11) is 0. The molecular formula is C17H21NO. The average molecular weight is 255 g/mol. The average Bonchev–Trinajstić information content (AvgIpc) is 3.22. The van der Waals surface area contributed by atoms with Gasteiger partial charge in [-0.15, -0.1) is 0 Å². The second kappa shape index (κ2) is 4.38. The number of nitrogens with two attached hydrogens (primary N) is 1. The largest absolute Gasteiger partial charge is 0.501 e. The molecule has 1 aromatic carbocycles. The van der Waals surface area contributed by atoms with Gasteiger partial charge in [0.1, 0.15) is 0 Å². The van der Waals surface area contributed by atoms with Crippen LogP contribution in [0.25, 0.3) is 0 Å². The van der Waals surface area contributed by atoms with Crippen molar-refractivity contribution in [1.29, 1.82) is 0 Å². The van der Waals surface area contributed by atoms with Crippen LogP contribution in [0.15, 0.2) is 36.1 Å². The Morgan fingerprint density at radius 3 is 2.95 bits per heavy atom. The molecule has 1 aliphatic heterocycles. The van der Waals surface area contributed by atoms with Gasteiger partial charge in [0.25, 0.3) is 0 Å². The van der Waals surface area contributed by atoms with Gasteiger partial charge in [-0.2, -0.15) is 0 Å². The highest BCUT2D eigenvalue weighted by Gasteiger charge is 2.56. The van der Waals surface area contributed by atoms with E-state index in [9.17, 15) is 0 Å². The summed E-state index contributed by atoms with van der Waals surface area (Å²) < 4.78 is 5.46. The van der Waals surface area contributed by atoms with E-state index in [0.717, 1.165) is 25.4 Å². The summed E-state index contributed by atoms with van der Waals surface area (Å²) in [6.07, 6.45) is 6.73. The molecule has 1 aromatic rings. The molecule has 100 valence electrons. The van der Waals surface area contributed by atoms with Crippen molar-refractivity contribution in [1.82, 2.24) is 0 Å². The van der Waals surface area contributed by atoms with E-state index in [0.29, 0.717) is 11.8 Å². The van der Waals surface area contributed by atoms with Gasteiger partial charge in [0.05, 0.1) is 12.9 Å². The van der Waals surface area contributed by atoms with Crippen LogP contribution in [0.3, 0.4) is 0 Å². The normalized spacial score (nSPS) is 33.5. The lowest BCUT2D eigenvalue weighted by atomic mass is 9.92. The van der Waals surface area contributed by atoms with Crippen LogP contribution in [-0.4, -0.2) is 12.6 Å². The van der Waals surface area contributed by atoms with Crippen molar-refractivity contribution in [2.24, 2.45) is 17.6 Å². The molecule has 0 bridgehead atoms. The minimum atomic E-state index is 0.210. The maximum absolute atomic E-state index is 6.52. The SMILES string of the molecule is NC(C1=COCCC1)C1C2CCc3ccccc3C21. The van der Waals surface area contributed by atoms with Crippen LogP contribution in [-0.2, 0) is 11.2 Å². The standard InChI is InChI=1S/C17H21NO/c18-17(12-5-3-9-19-10-12)16-14-8-7-11-4-1-2-6-13(11)15(14)16/h1-2,4,6,10,14-17H,3,5,7-9,18H2. The van der Waals surface area contributed by atoms with Crippen molar-refractivity contribution in [3.63, 3.8) is 0 Å². The molecule has 1 heterocycles. The van der Waals surface area contributed by atoms with Gasteiger partial charge in [-0.1, -0.05) is 24.3 Å². The van der Waals surface area contributed by atoms with Crippen molar-refractivity contribution in [2.45, 2.75) is 37.6 Å². The van der Waals surface area contributed by atoms with Gasteiger partial charge < -0.3 is 10.5 Å². The van der Waals surface area contributed by atoms with E-state index < -0.39 is 0 Å². The third kappa shape index (κ3) is 1.81. The van der Waals surface area contributed by atoms with Gasteiger partial charge in [-0.05, 0) is 60.1 Å². The molecule has 0 saturated heterocycles. The molecule has 4 atom stereocenters. The summed E-state index contributed by atoms with van der Waals surface area (Å²) in [5, 5.41) is 0. The van der Waals surface area contributed by atoms with Crippen molar-refractivity contribution in [3.05, 3.63) is 47.2 Å². The number of aryl methyl sites for hydroxylation is 1. The lowest BCUT2D eigenvalue weighted by Crippen LogP contribution is -2.28. The van der Waals surface area contributed by atoms with Crippen LogP contribution in [0, 0.1) is 11.8 Å². The summed E-state index contributed by atoms with van der Waals surface area (Å²) in [6, 6.07) is 9.14. The summed E-state index contributed by atoms with van der Waals surface area (Å²) >= 11 is 0. The molecule has 4 rings (SSSR count). The lowest BCUT2D eigenvalue weighted by Gasteiger charge is -2.20. The number of ether oxygens (including phenoxy) is 1. The fourth-order valence-corrected chi connectivity index (χ4v) is 4.19. The zero-order valence-electron chi connectivity index (χ0n) is 11.2. The third-order valence-corrected chi connectivity index (χ3v) is 5.20. The van der Waals surface area contributed by atoms with E-state index in [1.54, 1.807) is 11.1 Å². The van der Waals surface area contributed by atoms with E-state index in [1.165, 1.54) is 18.4 Å². The van der Waals surface area contributed by atoms with Crippen LogP contribution in [0.5, 0.6) is 0 Å². The molecule has 2 nitrogen and oxygen atoms in total.